The molecule has 0 N–H and O–H groups in total. The van der Waals surface area contributed by atoms with E-state index in [-0.39, 0.29) is 0 Å². The molecule has 2 aromatic rings. The maximum Gasteiger partial charge on any atom is 0.159 e. The number of aryl methyl sites for hydroxylation is 1. The summed E-state index contributed by atoms with van der Waals surface area (Å²) in [6.45, 7) is 5.39. The van der Waals surface area contributed by atoms with Crippen molar-refractivity contribution in [1.29, 1.82) is 0 Å². The Hall–Kier alpha value is -1.90. The van der Waals surface area contributed by atoms with Crippen LogP contribution in [0.1, 0.15) is 83.6 Å². The van der Waals surface area contributed by atoms with Crippen molar-refractivity contribution < 1.29 is 4.74 Å². The lowest BCUT2D eigenvalue weighted by molar-refractivity contribution is 0.178. The van der Waals surface area contributed by atoms with Crippen molar-refractivity contribution in [2.24, 2.45) is 11.8 Å². The van der Waals surface area contributed by atoms with Crippen LogP contribution in [0.4, 0.5) is 0 Å². The molecule has 158 valence electrons. The van der Waals surface area contributed by atoms with Crippen LogP contribution in [-0.2, 0) is 6.42 Å². The Morgan fingerprint density at radius 3 is 2.17 bits per heavy atom. The summed E-state index contributed by atoms with van der Waals surface area (Å²) in [7, 11) is 0. The number of benzene rings is 1. The highest BCUT2D eigenvalue weighted by Gasteiger charge is 2.21. The molecule has 0 amide bonds. The van der Waals surface area contributed by atoms with Gasteiger partial charge in [0.15, 0.2) is 5.82 Å². The number of nitrogens with zero attached hydrogens (tertiary/aromatic N) is 2. The van der Waals surface area contributed by atoms with Crippen LogP contribution in [-0.4, -0.2) is 16.6 Å². The summed E-state index contributed by atoms with van der Waals surface area (Å²) in [5.74, 6) is 3.43. The fraction of sp³-hybridized carbons (Fsp3) is 0.615. The first kappa shape index (κ1) is 21.8. The summed E-state index contributed by atoms with van der Waals surface area (Å²) in [6, 6.07) is 8.26. The van der Waals surface area contributed by atoms with Crippen LogP contribution in [0.2, 0.25) is 0 Å². The molecule has 0 bridgehead atoms. The van der Waals surface area contributed by atoms with E-state index in [2.05, 4.69) is 48.1 Å². The molecule has 1 heterocycles. The topological polar surface area (TPSA) is 35.0 Å². The molecular formula is C26H38N2O. The monoisotopic (exact) mass is 394 g/mol. The molecule has 0 atom stereocenters. The third-order valence-corrected chi connectivity index (χ3v) is 6.29. The van der Waals surface area contributed by atoms with Gasteiger partial charge in [-0.2, -0.15) is 0 Å². The summed E-state index contributed by atoms with van der Waals surface area (Å²) in [6.07, 6.45) is 18.3. The molecule has 1 saturated carbocycles. The lowest BCUT2D eigenvalue weighted by Crippen LogP contribution is -2.20. The molecule has 0 aliphatic heterocycles. The number of hydrogen-bond acceptors (Lipinski definition) is 3. The highest BCUT2D eigenvalue weighted by Crippen LogP contribution is 2.32. The zero-order chi connectivity index (χ0) is 20.3. The SMILES string of the molecule is CCCCCCc1cnc(-c2ccc(OCC3CCC(CCC)CC3)cc2)nc1. The molecule has 0 radical (unpaired) electrons. The van der Waals surface area contributed by atoms with E-state index in [1.165, 1.54) is 69.8 Å². The standard InChI is InChI=1S/C26H38N2O/c1-3-5-6-7-9-23-18-27-26(28-19-23)24-14-16-25(17-15-24)29-20-22-12-10-21(8-4-2)11-13-22/h14-19,21-22H,3-13,20H2,1-2H3. The Kier molecular flexibility index (Phi) is 8.98. The summed E-state index contributed by atoms with van der Waals surface area (Å²) in [5, 5.41) is 0. The van der Waals surface area contributed by atoms with Gasteiger partial charge in [-0.15, -0.1) is 0 Å². The van der Waals surface area contributed by atoms with Crippen molar-refractivity contribution in [2.45, 2.75) is 84.5 Å². The predicted octanol–water partition coefficient (Wildman–Crippen LogP) is 7.25. The van der Waals surface area contributed by atoms with Crippen LogP contribution in [0.5, 0.6) is 5.75 Å². The van der Waals surface area contributed by atoms with Crippen molar-refractivity contribution in [3.63, 3.8) is 0 Å². The van der Waals surface area contributed by atoms with Crippen LogP contribution in [0, 0.1) is 11.8 Å². The number of rotatable bonds is 11. The third kappa shape index (κ3) is 7.13. The first-order valence-electron chi connectivity index (χ1n) is 11.8. The first-order valence-corrected chi connectivity index (χ1v) is 11.8. The zero-order valence-corrected chi connectivity index (χ0v) is 18.4. The molecule has 0 spiro atoms. The highest BCUT2D eigenvalue weighted by atomic mass is 16.5. The van der Waals surface area contributed by atoms with Gasteiger partial charge >= 0.3 is 0 Å². The second kappa shape index (κ2) is 11.9. The predicted molar refractivity (Wildman–Crippen MR) is 121 cm³/mol. The van der Waals surface area contributed by atoms with Crippen LogP contribution in [0.25, 0.3) is 11.4 Å². The smallest absolute Gasteiger partial charge is 0.159 e. The fourth-order valence-electron chi connectivity index (χ4n) is 4.40. The van der Waals surface area contributed by atoms with E-state index < -0.39 is 0 Å². The summed E-state index contributed by atoms with van der Waals surface area (Å²) >= 11 is 0. The molecule has 1 fully saturated rings. The maximum absolute atomic E-state index is 6.07. The van der Waals surface area contributed by atoms with Crippen LogP contribution in [0.15, 0.2) is 36.7 Å². The molecular weight excluding hydrogens is 356 g/mol. The van der Waals surface area contributed by atoms with E-state index in [1.807, 2.05) is 12.4 Å². The Morgan fingerprint density at radius 1 is 0.828 bits per heavy atom. The van der Waals surface area contributed by atoms with Gasteiger partial charge in [-0.25, -0.2) is 9.97 Å². The molecule has 1 aliphatic rings. The average Bonchev–Trinajstić information content (AvgIpc) is 2.77. The second-order valence-electron chi connectivity index (χ2n) is 8.74. The summed E-state index contributed by atoms with van der Waals surface area (Å²) in [4.78, 5) is 9.13. The van der Waals surface area contributed by atoms with E-state index in [0.29, 0.717) is 0 Å². The first-order chi connectivity index (χ1) is 14.3. The number of unbranched alkanes of at least 4 members (excludes halogenated alkanes) is 3. The molecule has 1 aromatic carbocycles. The van der Waals surface area contributed by atoms with Crippen LogP contribution < -0.4 is 4.74 Å². The quantitative estimate of drug-likeness (QED) is 0.376. The Balaban J connectivity index is 1.44. The molecule has 0 unspecified atom stereocenters. The lowest BCUT2D eigenvalue weighted by atomic mass is 9.80. The zero-order valence-electron chi connectivity index (χ0n) is 18.4. The molecule has 29 heavy (non-hydrogen) atoms. The molecule has 1 aliphatic carbocycles. The Labute approximate surface area is 177 Å². The molecule has 0 saturated heterocycles. The van der Waals surface area contributed by atoms with Gasteiger partial charge in [0, 0.05) is 18.0 Å². The van der Waals surface area contributed by atoms with Gasteiger partial charge in [0.05, 0.1) is 6.61 Å². The van der Waals surface area contributed by atoms with Crippen molar-refractivity contribution in [3.8, 4) is 17.1 Å². The number of ether oxygens (including phenoxy) is 1. The Bertz CT molecular complexity index is 688. The van der Waals surface area contributed by atoms with Gasteiger partial charge in [0.2, 0.25) is 0 Å². The maximum atomic E-state index is 6.07. The van der Waals surface area contributed by atoms with E-state index in [0.717, 1.165) is 42.0 Å². The highest BCUT2D eigenvalue weighted by molar-refractivity contribution is 5.55. The van der Waals surface area contributed by atoms with Crippen molar-refractivity contribution in [3.05, 3.63) is 42.2 Å². The third-order valence-electron chi connectivity index (χ3n) is 6.29. The van der Waals surface area contributed by atoms with Crippen LogP contribution in [0.3, 0.4) is 0 Å². The van der Waals surface area contributed by atoms with Gasteiger partial charge in [0.1, 0.15) is 5.75 Å². The Morgan fingerprint density at radius 2 is 1.52 bits per heavy atom. The van der Waals surface area contributed by atoms with E-state index >= 15 is 0 Å². The minimum Gasteiger partial charge on any atom is -0.493 e. The normalized spacial score (nSPS) is 19.2. The van der Waals surface area contributed by atoms with Gasteiger partial charge in [-0.05, 0) is 67.3 Å². The fourth-order valence-corrected chi connectivity index (χ4v) is 4.40. The van der Waals surface area contributed by atoms with Crippen molar-refractivity contribution >= 4 is 0 Å². The lowest BCUT2D eigenvalue weighted by Gasteiger charge is -2.28. The number of hydrogen-bond donors (Lipinski definition) is 0. The second-order valence-corrected chi connectivity index (χ2v) is 8.74. The van der Waals surface area contributed by atoms with Gasteiger partial charge in [0.25, 0.3) is 0 Å². The van der Waals surface area contributed by atoms with Crippen molar-refractivity contribution in [1.82, 2.24) is 9.97 Å². The minimum atomic E-state index is 0.719. The average molecular weight is 395 g/mol. The number of aromatic nitrogens is 2. The minimum absolute atomic E-state index is 0.719. The van der Waals surface area contributed by atoms with Gasteiger partial charge < -0.3 is 4.74 Å². The van der Waals surface area contributed by atoms with Crippen molar-refractivity contribution in [2.75, 3.05) is 6.61 Å². The molecule has 3 rings (SSSR count). The van der Waals surface area contributed by atoms with Gasteiger partial charge in [-0.3, -0.25) is 0 Å². The van der Waals surface area contributed by atoms with Crippen LogP contribution >= 0.6 is 0 Å². The van der Waals surface area contributed by atoms with E-state index in [9.17, 15) is 0 Å². The van der Waals surface area contributed by atoms with Gasteiger partial charge in [-0.1, -0.05) is 58.8 Å². The van der Waals surface area contributed by atoms with E-state index in [4.69, 9.17) is 4.74 Å². The summed E-state index contributed by atoms with van der Waals surface area (Å²) in [5.41, 5.74) is 2.29. The molecule has 1 aromatic heterocycles. The largest absolute Gasteiger partial charge is 0.493 e. The molecule has 3 heteroatoms. The van der Waals surface area contributed by atoms with E-state index in [1.54, 1.807) is 0 Å². The molecule has 3 nitrogen and oxygen atoms in total. The summed E-state index contributed by atoms with van der Waals surface area (Å²) < 4.78 is 6.07.